The van der Waals surface area contributed by atoms with Crippen LogP contribution in [0.15, 0.2) is 10.3 Å². The molecule has 0 radical (unpaired) electrons. The largest absolute Gasteiger partial charge is 0.435 e. The van der Waals surface area contributed by atoms with Gasteiger partial charge in [0.2, 0.25) is 17.8 Å². The van der Waals surface area contributed by atoms with Crippen molar-refractivity contribution in [2.75, 3.05) is 23.4 Å². The molecule has 0 saturated heterocycles. The van der Waals surface area contributed by atoms with Gasteiger partial charge in [0.1, 0.15) is 5.60 Å². The number of halogens is 5. The first kappa shape index (κ1) is 33.2. The molecule has 0 unspecified atom stereocenters. The average molecular weight is 619 g/mol. The van der Waals surface area contributed by atoms with Crippen molar-refractivity contribution in [3.8, 4) is 5.88 Å². The van der Waals surface area contributed by atoms with Gasteiger partial charge in [-0.05, 0) is 40.9 Å². The summed E-state index contributed by atoms with van der Waals surface area (Å²) in [6, 6.07) is 0.316. The number of oxime groups is 1. The van der Waals surface area contributed by atoms with E-state index in [-0.39, 0.29) is 6.42 Å². The average Bonchev–Trinajstić information content (AvgIpc) is 3.33. The van der Waals surface area contributed by atoms with Crippen LogP contribution in [0.5, 0.6) is 5.88 Å². The quantitative estimate of drug-likeness (QED) is 0.306. The second kappa shape index (κ2) is 13.1. The Bertz CT molecular complexity index is 1300. The SMILES string of the molecule is CCNc1nc(NC(C)C)nc(SC)n1.Cn1nc(C(F)(F)F)c(CS(=O)(=O)C2=NOC(C)(C)C2)c1OC(F)F. The van der Waals surface area contributed by atoms with E-state index in [1.54, 1.807) is 0 Å². The number of nitrogens with one attached hydrogen (secondary N) is 2. The van der Waals surface area contributed by atoms with E-state index in [0.717, 1.165) is 18.7 Å². The Kier molecular flexibility index (Phi) is 10.9. The molecular weight excluding hydrogens is 587 g/mol. The van der Waals surface area contributed by atoms with Crippen molar-refractivity contribution < 1.29 is 39.9 Å². The Morgan fingerprint density at radius 1 is 1.18 bits per heavy atom. The van der Waals surface area contributed by atoms with Crippen molar-refractivity contribution in [2.45, 2.75) is 76.4 Å². The number of rotatable bonds is 9. The molecule has 0 amide bonds. The molecule has 2 aromatic rings. The summed E-state index contributed by atoms with van der Waals surface area (Å²) in [5.41, 5.74) is -3.57. The fourth-order valence-electron chi connectivity index (χ4n) is 3.19. The fraction of sp³-hybridized carbons (Fsp3) is 0.667. The first-order valence-corrected chi connectivity index (χ1v) is 14.6. The van der Waals surface area contributed by atoms with E-state index in [2.05, 4.69) is 54.4 Å². The maximum absolute atomic E-state index is 13.1. The standard InChI is InChI=1S/C12H14F5N3O4S.C9H17N5S/c1-11(2)4-7(19-24-11)25(21,22)5-6-8(12(15,16)17)18-20(3)9(6)23-10(13)14;1-5-10-7-12-8(11-6(2)3)14-9(13-7)15-4/h10H,4-5H2,1-3H3;6H,5H2,1-4H3,(H2,10,11,12,13,14). The Labute approximate surface area is 232 Å². The van der Waals surface area contributed by atoms with Gasteiger partial charge < -0.3 is 20.2 Å². The van der Waals surface area contributed by atoms with Crippen LogP contribution in [-0.4, -0.2) is 69.2 Å². The molecule has 2 N–H and O–H groups in total. The third-order valence-corrected chi connectivity index (χ3v) is 6.93. The Morgan fingerprint density at radius 3 is 2.27 bits per heavy atom. The van der Waals surface area contributed by atoms with Gasteiger partial charge in [-0.2, -0.15) is 42.0 Å². The van der Waals surface area contributed by atoms with Gasteiger partial charge in [-0.3, -0.25) is 0 Å². The monoisotopic (exact) mass is 618 g/mol. The van der Waals surface area contributed by atoms with Crippen LogP contribution in [0, 0.1) is 0 Å². The van der Waals surface area contributed by atoms with Crippen LogP contribution >= 0.6 is 11.8 Å². The van der Waals surface area contributed by atoms with Crippen molar-refractivity contribution in [1.82, 2.24) is 24.7 Å². The third kappa shape index (κ3) is 9.31. The summed E-state index contributed by atoms with van der Waals surface area (Å²) in [7, 11) is -3.43. The number of alkyl halides is 5. The number of hydrogen-bond donors (Lipinski definition) is 2. The second-order valence-electron chi connectivity index (χ2n) is 9.20. The van der Waals surface area contributed by atoms with E-state index in [1.165, 1.54) is 25.6 Å². The molecular formula is C21H31F5N8O4S2. The number of nitrogens with zero attached hydrogens (tertiary/aromatic N) is 6. The summed E-state index contributed by atoms with van der Waals surface area (Å²) >= 11 is 1.51. The summed E-state index contributed by atoms with van der Waals surface area (Å²) in [5, 5.41) is 12.9. The second-order valence-corrected chi connectivity index (χ2v) is 12.0. The van der Waals surface area contributed by atoms with Crippen LogP contribution in [0.3, 0.4) is 0 Å². The molecule has 0 saturated carbocycles. The van der Waals surface area contributed by atoms with Crippen LogP contribution in [0.25, 0.3) is 0 Å². The lowest BCUT2D eigenvalue weighted by Crippen LogP contribution is -2.24. The summed E-state index contributed by atoms with van der Waals surface area (Å²) in [6.07, 6.45) is -3.27. The zero-order valence-electron chi connectivity index (χ0n) is 22.8. The van der Waals surface area contributed by atoms with E-state index in [4.69, 9.17) is 4.84 Å². The van der Waals surface area contributed by atoms with Crippen molar-refractivity contribution >= 4 is 38.5 Å². The van der Waals surface area contributed by atoms with Gasteiger partial charge in [0.15, 0.2) is 25.7 Å². The molecule has 1 aliphatic rings. The first-order chi connectivity index (χ1) is 18.4. The predicted octanol–water partition coefficient (Wildman–Crippen LogP) is 4.31. The number of aromatic nitrogens is 5. The fourth-order valence-corrected chi connectivity index (χ4v) is 5.07. The molecule has 40 heavy (non-hydrogen) atoms. The van der Waals surface area contributed by atoms with Crippen molar-refractivity contribution in [1.29, 1.82) is 0 Å². The number of ether oxygens (including phenoxy) is 1. The topological polar surface area (TPSA) is 146 Å². The number of aryl methyl sites for hydroxylation is 1. The van der Waals surface area contributed by atoms with Gasteiger partial charge in [-0.25, -0.2) is 13.1 Å². The molecule has 12 nitrogen and oxygen atoms in total. The van der Waals surface area contributed by atoms with Crippen molar-refractivity contribution in [3.05, 3.63) is 11.3 Å². The predicted molar refractivity (Wildman–Crippen MR) is 139 cm³/mol. The highest BCUT2D eigenvalue weighted by molar-refractivity contribution is 8.05. The van der Waals surface area contributed by atoms with Crippen molar-refractivity contribution in [2.24, 2.45) is 12.2 Å². The van der Waals surface area contributed by atoms with Crippen LogP contribution in [0.4, 0.5) is 33.8 Å². The van der Waals surface area contributed by atoms with E-state index >= 15 is 0 Å². The highest BCUT2D eigenvalue weighted by atomic mass is 32.2. The Hall–Kier alpha value is -2.96. The van der Waals surface area contributed by atoms with Gasteiger partial charge >= 0.3 is 12.8 Å². The molecule has 2 aromatic heterocycles. The lowest BCUT2D eigenvalue weighted by atomic mass is 10.1. The maximum Gasteiger partial charge on any atom is 0.435 e. The summed E-state index contributed by atoms with van der Waals surface area (Å²) in [5.74, 6) is -0.985. The van der Waals surface area contributed by atoms with Gasteiger partial charge in [0.05, 0.1) is 11.3 Å². The maximum atomic E-state index is 13.1. The minimum atomic E-state index is -5.06. The van der Waals surface area contributed by atoms with Crippen LogP contribution < -0.4 is 15.4 Å². The molecule has 3 heterocycles. The van der Waals surface area contributed by atoms with E-state index in [1.807, 2.05) is 13.2 Å². The zero-order valence-corrected chi connectivity index (χ0v) is 24.4. The molecule has 0 spiro atoms. The Balaban J connectivity index is 0.000000319. The number of anilines is 2. The zero-order chi connectivity index (χ0) is 30.5. The molecule has 3 rings (SSSR count). The van der Waals surface area contributed by atoms with Gasteiger partial charge in [-0.15, -0.1) is 0 Å². The highest BCUT2D eigenvalue weighted by Crippen LogP contribution is 2.38. The number of sulfone groups is 1. The molecule has 19 heteroatoms. The molecule has 0 aliphatic carbocycles. The molecule has 0 fully saturated rings. The molecule has 0 bridgehead atoms. The minimum Gasteiger partial charge on any atom is -0.417 e. The lowest BCUT2D eigenvalue weighted by Gasteiger charge is -2.13. The van der Waals surface area contributed by atoms with Crippen LogP contribution in [0.1, 0.15) is 52.3 Å². The lowest BCUT2D eigenvalue weighted by molar-refractivity contribution is -0.142. The van der Waals surface area contributed by atoms with Crippen LogP contribution in [-0.2, 0) is 33.7 Å². The highest BCUT2D eigenvalue weighted by Gasteiger charge is 2.43. The smallest absolute Gasteiger partial charge is 0.417 e. The van der Waals surface area contributed by atoms with Gasteiger partial charge in [-0.1, -0.05) is 16.9 Å². The number of hydrogen-bond acceptors (Lipinski definition) is 12. The van der Waals surface area contributed by atoms with E-state index in [0.29, 0.717) is 22.6 Å². The summed E-state index contributed by atoms with van der Waals surface area (Å²) < 4.78 is 93.4. The van der Waals surface area contributed by atoms with E-state index in [9.17, 15) is 30.4 Å². The molecule has 226 valence electrons. The molecule has 0 atom stereocenters. The Morgan fingerprint density at radius 2 is 1.80 bits per heavy atom. The third-order valence-electron chi connectivity index (χ3n) is 4.77. The van der Waals surface area contributed by atoms with E-state index < -0.39 is 56.2 Å². The van der Waals surface area contributed by atoms with Crippen LogP contribution in [0.2, 0.25) is 0 Å². The van der Waals surface area contributed by atoms with Gasteiger partial charge in [0.25, 0.3) is 0 Å². The summed E-state index contributed by atoms with van der Waals surface area (Å²) in [6.45, 7) is 6.54. The molecule has 1 aliphatic heterocycles. The minimum absolute atomic E-state index is 0.165. The molecule has 0 aromatic carbocycles. The van der Waals surface area contributed by atoms with Gasteiger partial charge in [0, 0.05) is 26.1 Å². The first-order valence-electron chi connectivity index (χ1n) is 11.7. The normalized spacial score (nSPS) is 14.9. The number of thioether (sulfide) groups is 1. The van der Waals surface area contributed by atoms with Crippen molar-refractivity contribution in [3.63, 3.8) is 0 Å². The summed E-state index contributed by atoms with van der Waals surface area (Å²) in [4.78, 5) is 17.6.